The zero-order valence-corrected chi connectivity index (χ0v) is 12.3. The van der Waals surface area contributed by atoms with E-state index in [-0.39, 0.29) is 5.54 Å². The van der Waals surface area contributed by atoms with Crippen LogP contribution < -0.4 is 5.32 Å². The van der Waals surface area contributed by atoms with Crippen molar-refractivity contribution in [2.75, 3.05) is 12.3 Å². The van der Waals surface area contributed by atoms with E-state index in [2.05, 4.69) is 35.5 Å². The first-order valence-corrected chi connectivity index (χ1v) is 7.53. The van der Waals surface area contributed by atoms with Crippen molar-refractivity contribution in [1.82, 2.24) is 15.1 Å². The van der Waals surface area contributed by atoms with Crippen molar-refractivity contribution in [1.29, 1.82) is 0 Å². The highest BCUT2D eigenvalue weighted by Gasteiger charge is 2.27. The molecule has 0 aromatic carbocycles. The zero-order chi connectivity index (χ0) is 13.0. The fourth-order valence-electron chi connectivity index (χ4n) is 1.97. The maximum absolute atomic E-state index is 4.66. The summed E-state index contributed by atoms with van der Waals surface area (Å²) >= 11 is 1.84. The van der Waals surface area contributed by atoms with E-state index in [1.165, 1.54) is 17.7 Å². The number of amidine groups is 1. The molecule has 100 valence electrons. The molecule has 0 saturated carbocycles. The fraction of sp³-hybridized carbons (Fsp3) is 0.692. The third-order valence-corrected chi connectivity index (χ3v) is 4.41. The average molecular weight is 266 g/mol. The molecular formula is C13H22N4S. The van der Waals surface area contributed by atoms with Crippen LogP contribution in [-0.4, -0.2) is 32.8 Å². The number of hydrogen-bond acceptors (Lipinski definition) is 3. The molecule has 1 N–H and O–H groups in total. The van der Waals surface area contributed by atoms with Crippen LogP contribution in [0.25, 0.3) is 0 Å². The lowest BCUT2D eigenvalue weighted by Crippen LogP contribution is -2.48. The Kier molecular flexibility index (Phi) is 4.32. The van der Waals surface area contributed by atoms with Gasteiger partial charge in [0, 0.05) is 31.1 Å². The molecule has 18 heavy (non-hydrogen) atoms. The molecule has 0 spiro atoms. The number of hydrogen-bond donors (Lipinski definition) is 1. The van der Waals surface area contributed by atoms with E-state index in [4.69, 9.17) is 0 Å². The summed E-state index contributed by atoms with van der Waals surface area (Å²) in [5.74, 6) is 1.17. The lowest BCUT2D eigenvalue weighted by Gasteiger charge is -2.35. The molecule has 4 nitrogen and oxygen atoms in total. The van der Waals surface area contributed by atoms with Gasteiger partial charge in [0.2, 0.25) is 0 Å². The Bertz CT molecular complexity index is 426. The minimum Gasteiger partial charge on any atom is -0.360 e. The Balaban J connectivity index is 1.85. The van der Waals surface area contributed by atoms with E-state index in [0.717, 1.165) is 24.6 Å². The number of nitrogens with zero attached hydrogens (tertiary/aromatic N) is 3. The third kappa shape index (κ3) is 3.51. The van der Waals surface area contributed by atoms with E-state index < -0.39 is 0 Å². The topological polar surface area (TPSA) is 42.2 Å². The fourth-order valence-corrected chi connectivity index (χ4v) is 3.21. The minimum absolute atomic E-state index is 0.235. The predicted octanol–water partition coefficient (Wildman–Crippen LogP) is 2.21. The lowest BCUT2D eigenvalue weighted by molar-refractivity contribution is 0.390. The lowest BCUT2D eigenvalue weighted by atomic mass is 9.96. The average Bonchev–Trinajstić information content (AvgIpc) is 2.75. The van der Waals surface area contributed by atoms with Crippen LogP contribution in [0.5, 0.6) is 0 Å². The Morgan fingerprint density at radius 2 is 2.44 bits per heavy atom. The number of aliphatic imine (C=N–C) groups is 1. The van der Waals surface area contributed by atoms with Crippen LogP contribution in [0, 0.1) is 0 Å². The van der Waals surface area contributed by atoms with Crippen molar-refractivity contribution in [2.24, 2.45) is 12.0 Å². The highest BCUT2D eigenvalue weighted by molar-refractivity contribution is 8.13. The molecule has 1 aliphatic heterocycles. The first kappa shape index (κ1) is 13.5. The summed E-state index contributed by atoms with van der Waals surface area (Å²) in [5, 5.41) is 8.83. The second kappa shape index (κ2) is 5.78. The number of aromatic nitrogens is 2. The van der Waals surface area contributed by atoms with Gasteiger partial charge in [0.1, 0.15) is 0 Å². The van der Waals surface area contributed by atoms with Crippen LogP contribution in [0.15, 0.2) is 17.4 Å². The van der Waals surface area contributed by atoms with Crippen molar-refractivity contribution >= 4 is 16.9 Å². The second-order valence-electron chi connectivity index (χ2n) is 5.10. The number of rotatable bonds is 4. The van der Waals surface area contributed by atoms with Crippen LogP contribution in [0.1, 0.15) is 32.3 Å². The van der Waals surface area contributed by atoms with Crippen LogP contribution in [0.3, 0.4) is 0 Å². The number of thioether (sulfide) groups is 1. The van der Waals surface area contributed by atoms with E-state index in [9.17, 15) is 0 Å². The van der Waals surface area contributed by atoms with Gasteiger partial charge in [0.25, 0.3) is 0 Å². The minimum atomic E-state index is 0.235. The van der Waals surface area contributed by atoms with Crippen molar-refractivity contribution in [3.63, 3.8) is 0 Å². The van der Waals surface area contributed by atoms with Gasteiger partial charge >= 0.3 is 0 Å². The van der Waals surface area contributed by atoms with Gasteiger partial charge in [0.05, 0.1) is 6.20 Å². The summed E-state index contributed by atoms with van der Waals surface area (Å²) in [6, 6.07) is 0. The van der Waals surface area contributed by atoms with Crippen LogP contribution in [0.4, 0.5) is 0 Å². The molecule has 2 rings (SSSR count). The molecule has 1 fully saturated rings. The standard InChI is InChI=1S/C13H22N4S/c1-4-13(2)6-8-18-12(16-13)14-7-5-11-9-15-17(3)10-11/h9-10H,4-8H2,1-3H3,(H,14,16). The molecule has 1 saturated heterocycles. The summed E-state index contributed by atoms with van der Waals surface area (Å²) in [5.41, 5.74) is 1.49. The Hall–Kier alpha value is -0.970. The molecule has 0 radical (unpaired) electrons. The third-order valence-electron chi connectivity index (χ3n) is 3.50. The van der Waals surface area contributed by atoms with Gasteiger partial charge in [0.15, 0.2) is 5.17 Å². The monoisotopic (exact) mass is 266 g/mol. The first-order chi connectivity index (χ1) is 8.61. The second-order valence-corrected chi connectivity index (χ2v) is 6.18. The maximum Gasteiger partial charge on any atom is 0.156 e. The Labute approximate surface area is 113 Å². The number of nitrogens with one attached hydrogen (secondary N) is 1. The van der Waals surface area contributed by atoms with Gasteiger partial charge in [-0.1, -0.05) is 18.7 Å². The normalized spacial score (nSPS) is 26.3. The largest absolute Gasteiger partial charge is 0.360 e. The van der Waals surface area contributed by atoms with E-state index in [1.807, 2.05) is 29.7 Å². The number of aryl methyl sites for hydroxylation is 1. The smallest absolute Gasteiger partial charge is 0.156 e. The molecule has 1 atom stereocenters. The van der Waals surface area contributed by atoms with Gasteiger partial charge in [-0.05, 0) is 31.7 Å². The van der Waals surface area contributed by atoms with Crippen molar-refractivity contribution in [2.45, 2.75) is 38.6 Å². The molecule has 2 heterocycles. The molecule has 1 aromatic heterocycles. The van der Waals surface area contributed by atoms with E-state index in [0.29, 0.717) is 0 Å². The van der Waals surface area contributed by atoms with Crippen LogP contribution >= 0.6 is 11.8 Å². The quantitative estimate of drug-likeness (QED) is 0.908. The summed E-state index contributed by atoms with van der Waals surface area (Å²) in [4.78, 5) is 4.66. The SMILES string of the molecule is CCC1(C)CCSC(=NCCc2cnn(C)c2)N1. The first-order valence-electron chi connectivity index (χ1n) is 6.54. The predicted molar refractivity (Wildman–Crippen MR) is 78.1 cm³/mol. The summed E-state index contributed by atoms with van der Waals surface area (Å²) < 4.78 is 1.84. The molecule has 1 unspecified atom stereocenters. The molecule has 0 aliphatic carbocycles. The van der Waals surface area contributed by atoms with E-state index >= 15 is 0 Å². The molecule has 1 aromatic rings. The van der Waals surface area contributed by atoms with Crippen molar-refractivity contribution in [3.05, 3.63) is 18.0 Å². The van der Waals surface area contributed by atoms with Gasteiger partial charge in [-0.3, -0.25) is 9.67 Å². The van der Waals surface area contributed by atoms with Crippen molar-refractivity contribution < 1.29 is 0 Å². The highest BCUT2D eigenvalue weighted by Crippen LogP contribution is 2.24. The zero-order valence-electron chi connectivity index (χ0n) is 11.4. The summed E-state index contributed by atoms with van der Waals surface area (Å²) in [6.45, 7) is 5.35. The summed E-state index contributed by atoms with van der Waals surface area (Å²) in [7, 11) is 1.95. The Morgan fingerprint density at radius 1 is 1.61 bits per heavy atom. The van der Waals surface area contributed by atoms with Gasteiger partial charge < -0.3 is 5.32 Å². The molecule has 0 amide bonds. The van der Waals surface area contributed by atoms with Crippen LogP contribution in [-0.2, 0) is 13.5 Å². The van der Waals surface area contributed by atoms with E-state index in [1.54, 1.807) is 0 Å². The van der Waals surface area contributed by atoms with Gasteiger partial charge in [-0.2, -0.15) is 5.10 Å². The molecule has 1 aliphatic rings. The molecule has 5 heteroatoms. The molecular weight excluding hydrogens is 244 g/mol. The summed E-state index contributed by atoms with van der Waals surface area (Å²) in [6.07, 6.45) is 7.29. The maximum atomic E-state index is 4.66. The van der Waals surface area contributed by atoms with Crippen LogP contribution in [0.2, 0.25) is 0 Å². The van der Waals surface area contributed by atoms with Crippen molar-refractivity contribution in [3.8, 4) is 0 Å². The van der Waals surface area contributed by atoms with Gasteiger partial charge in [-0.25, -0.2) is 0 Å². The molecule has 0 bridgehead atoms. The Morgan fingerprint density at radius 3 is 3.11 bits per heavy atom. The highest BCUT2D eigenvalue weighted by atomic mass is 32.2. The van der Waals surface area contributed by atoms with Gasteiger partial charge in [-0.15, -0.1) is 0 Å².